The smallest absolute Gasteiger partial charge is 0.228 e. The minimum Gasteiger partial charge on any atom is -0.497 e. The van der Waals surface area contributed by atoms with Gasteiger partial charge < -0.3 is 19.5 Å². The first-order valence-corrected chi connectivity index (χ1v) is 11.3. The zero-order valence-electron chi connectivity index (χ0n) is 19.4. The summed E-state index contributed by atoms with van der Waals surface area (Å²) in [5.41, 5.74) is 3.79. The monoisotopic (exact) mass is 461 g/mol. The number of para-hydroxylation sites is 1. The molecule has 0 saturated heterocycles. The lowest BCUT2D eigenvalue weighted by molar-refractivity contribution is 0.404. The van der Waals surface area contributed by atoms with Gasteiger partial charge in [-0.25, -0.2) is 9.97 Å². The van der Waals surface area contributed by atoms with Gasteiger partial charge in [0.05, 0.1) is 25.7 Å². The normalized spacial score (nSPS) is 13.9. The van der Waals surface area contributed by atoms with Crippen molar-refractivity contribution in [3.8, 4) is 23.1 Å². The third-order valence-electron chi connectivity index (χ3n) is 6.36. The lowest BCUT2D eigenvalue weighted by Crippen LogP contribution is -2.16. The van der Waals surface area contributed by atoms with Gasteiger partial charge in [0.2, 0.25) is 5.88 Å². The summed E-state index contributed by atoms with van der Waals surface area (Å²) in [4.78, 5) is 9.17. The van der Waals surface area contributed by atoms with Gasteiger partial charge >= 0.3 is 0 Å². The molecule has 172 valence electrons. The van der Waals surface area contributed by atoms with Crippen molar-refractivity contribution in [1.29, 1.82) is 0 Å². The van der Waals surface area contributed by atoms with Crippen LogP contribution in [0.25, 0.3) is 10.8 Å². The molecule has 2 heterocycles. The second kappa shape index (κ2) is 8.65. The highest BCUT2D eigenvalue weighted by Gasteiger charge is 2.35. The van der Waals surface area contributed by atoms with E-state index in [9.17, 15) is 0 Å². The fourth-order valence-electron chi connectivity index (χ4n) is 4.71. The third-order valence-corrected chi connectivity index (χ3v) is 6.36. The molecule has 6 heteroatoms. The Balaban J connectivity index is 1.57. The second-order valence-corrected chi connectivity index (χ2v) is 8.28. The molecule has 0 spiro atoms. The zero-order valence-corrected chi connectivity index (χ0v) is 19.4. The van der Waals surface area contributed by atoms with Gasteiger partial charge in [-0.05, 0) is 35.7 Å². The lowest BCUT2D eigenvalue weighted by Gasteiger charge is -2.30. The van der Waals surface area contributed by atoms with Crippen LogP contribution in [-0.4, -0.2) is 24.2 Å². The van der Waals surface area contributed by atoms with E-state index in [0.717, 1.165) is 50.4 Å². The average Bonchev–Trinajstić information content (AvgIpc) is 2.92. The van der Waals surface area contributed by atoms with Crippen LogP contribution in [0.3, 0.4) is 0 Å². The third kappa shape index (κ3) is 3.60. The van der Waals surface area contributed by atoms with Crippen LogP contribution in [-0.2, 0) is 0 Å². The predicted octanol–water partition coefficient (Wildman–Crippen LogP) is 6.68. The first-order valence-electron chi connectivity index (χ1n) is 11.3. The number of anilines is 2. The molecule has 6 nitrogen and oxygen atoms in total. The first kappa shape index (κ1) is 21.0. The quantitative estimate of drug-likeness (QED) is 0.309. The van der Waals surface area contributed by atoms with E-state index in [1.807, 2.05) is 54.6 Å². The van der Waals surface area contributed by atoms with Crippen LogP contribution in [0.4, 0.5) is 11.5 Å². The Kier molecular flexibility index (Phi) is 5.19. The van der Waals surface area contributed by atoms with Crippen LogP contribution in [0, 0.1) is 0 Å². The summed E-state index contributed by atoms with van der Waals surface area (Å²) in [6.45, 7) is 0. The summed E-state index contributed by atoms with van der Waals surface area (Å²) in [6, 6.07) is 28.3. The molecule has 1 atom stereocenters. The number of methoxy groups -OCH3 is 2. The van der Waals surface area contributed by atoms with Crippen LogP contribution in [0.1, 0.15) is 22.6 Å². The molecule has 1 N–H and O–H groups in total. The highest BCUT2D eigenvalue weighted by atomic mass is 16.5. The van der Waals surface area contributed by atoms with Crippen molar-refractivity contribution in [3.05, 3.63) is 108 Å². The van der Waals surface area contributed by atoms with Crippen molar-refractivity contribution in [2.24, 2.45) is 0 Å². The molecule has 4 aromatic carbocycles. The van der Waals surface area contributed by atoms with Crippen LogP contribution < -0.4 is 19.5 Å². The Morgan fingerprint density at radius 2 is 1.57 bits per heavy atom. The number of rotatable bonds is 5. The number of hydrogen-bond donors (Lipinski definition) is 1. The van der Waals surface area contributed by atoms with Gasteiger partial charge in [-0.1, -0.05) is 54.6 Å². The Morgan fingerprint density at radius 1 is 0.771 bits per heavy atom. The topological polar surface area (TPSA) is 65.5 Å². The molecule has 0 amide bonds. The van der Waals surface area contributed by atoms with E-state index in [1.165, 1.54) is 6.33 Å². The van der Waals surface area contributed by atoms with Crippen molar-refractivity contribution in [2.75, 3.05) is 19.5 Å². The van der Waals surface area contributed by atoms with Crippen molar-refractivity contribution < 1.29 is 14.2 Å². The van der Waals surface area contributed by atoms with E-state index in [2.05, 4.69) is 45.6 Å². The van der Waals surface area contributed by atoms with Crippen LogP contribution in [0.5, 0.6) is 23.1 Å². The molecule has 1 aliphatic rings. The molecule has 0 saturated carbocycles. The summed E-state index contributed by atoms with van der Waals surface area (Å²) in [7, 11) is 3.35. The lowest BCUT2D eigenvalue weighted by atomic mass is 9.82. The summed E-state index contributed by atoms with van der Waals surface area (Å²) >= 11 is 0. The molecular formula is C29H23N3O3. The molecule has 1 aliphatic heterocycles. The number of ether oxygens (including phenoxy) is 3. The van der Waals surface area contributed by atoms with Gasteiger partial charge in [-0.3, -0.25) is 0 Å². The molecule has 0 radical (unpaired) electrons. The van der Waals surface area contributed by atoms with Crippen molar-refractivity contribution >= 4 is 22.3 Å². The summed E-state index contributed by atoms with van der Waals surface area (Å²) in [5.74, 6) is 3.39. The molecule has 1 unspecified atom stereocenters. The fourth-order valence-corrected chi connectivity index (χ4v) is 4.71. The van der Waals surface area contributed by atoms with Crippen molar-refractivity contribution in [1.82, 2.24) is 9.97 Å². The molecule has 1 aromatic heterocycles. The van der Waals surface area contributed by atoms with Gasteiger partial charge in [-0.2, -0.15) is 0 Å². The maximum Gasteiger partial charge on any atom is 0.228 e. The molecule has 5 aromatic rings. The summed E-state index contributed by atoms with van der Waals surface area (Å²) in [5, 5.41) is 5.61. The molecule has 0 bridgehead atoms. The van der Waals surface area contributed by atoms with Crippen LogP contribution in [0.15, 0.2) is 91.3 Å². The second-order valence-electron chi connectivity index (χ2n) is 8.28. The van der Waals surface area contributed by atoms with E-state index >= 15 is 0 Å². The Labute approximate surface area is 203 Å². The number of hydrogen-bond acceptors (Lipinski definition) is 6. The maximum atomic E-state index is 6.48. The van der Waals surface area contributed by atoms with E-state index in [4.69, 9.17) is 14.2 Å². The minimum absolute atomic E-state index is 0.198. The zero-order chi connectivity index (χ0) is 23.8. The maximum absolute atomic E-state index is 6.48. The van der Waals surface area contributed by atoms with Crippen LogP contribution in [0.2, 0.25) is 0 Å². The number of fused-ring (bicyclic) bond motifs is 4. The highest BCUT2D eigenvalue weighted by molar-refractivity contribution is 5.91. The Hall–Kier alpha value is -4.58. The Bertz CT molecular complexity index is 1530. The minimum atomic E-state index is -0.198. The highest BCUT2D eigenvalue weighted by Crippen LogP contribution is 2.52. The average molecular weight is 462 g/mol. The largest absolute Gasteiger partial charge is 0.497 e. The molecular weight excluding hydrogens is 438 g/mol. The standard InChI is InChI=1S/C29H23N3O3/c1-33-20-14-12-19(13-15-20)32-28-26-25(22-9-5-6-10-24(22)34-2)23-16-11-18-7-3-4-8-21(18)27(23)35-29(26)31-17-30-28/h3-17,25H,1-2H3,(H,30,31,32). The number of aromatic nitrogens is 2. The van der Waals surface area contributed by atoms with E-state index in [0.29, 0.717) is 11.7 Å². The molecule has 6 rings (SSSR count). The van der Waals surface area contributed by atoms with Crippen LogP contribution >= 0.6 is 0 Å². The molecule has 35 heavy (non-hydrogen) atoms. The Morgan fingerprint density at radius 3 is 2.40 bits per heavy atom. The number of benzene rings is 4. The summed E-state index contributed by atoms with van der Waals surface area (Å²) in [6.07, 6.45) is 1.53. The number of nitrogens with one attached hydrogen (secondary N) is 1. The van der Waals surface area contributed by atoms with Crippen molar-refractivity contribution in [2.45, 2.75) is 5.92 Å². The van der Waals surface area contributed by atoms with Gasteiger partial charge in [0.15, 0.2) is 0 Å². The van der Waals surface area contributed by atoms with Crippen molar-refractivity contribution in [3.63, 3.8) is 0 Å². The van der Waals surface area contributed by atoms with E-state index in [-0.39, 0.29) is 5.92 Å². The van der Waals surface area contributed by atoms with Gasteiger partial charge in [0.25, 0.3) is 0 Å². The predicted molar refractivity (Wildman–Crippen MR) is 136 cm³/mol. The molecule has 0 fully saturated rings. The first-order chi connectivity index (χ1) is 17.3. The number of nitrogens with zero attached hydrogens (tertiary/aromatic N) is 2. The van der Waals surface area contributed by atoms with E-state index in [1.54, 1.807) is 14.2 Å². The van der Waals surface area contributed by atoms with E-state index < -0.39 is 0 Å². The SMILES string of the molecule is COc1ccc(Nc2ncnc3c2C(c2ccccc2OC)c2ccc4ccccc4c2O3)cc1. The summed E-state index contributed by atoms with van der Waals surface area (Å²) < 4.78 is 17.6. The van der Waals surface area contributed by atoms with Gasteiger partial charge in [0, 0.05) is 22.2 Å². The molecule has 0 aliphatic carbocycles. The fraction of sp³-hybridized carbons (Fsp3) is 0.103. The van der Waals surface area contributed by atoms with Gasteiger partial charge in [0.1, 0.15) is 29.4 Å². The van der Waals surface area contributed by atoms with Gasteiger partial charge in [-0.15, -0.1) is 0 Å².